The molecule has 2 aromatic rings. The van der Waals surface area contributed by atoms with E-state index in [0.717, 1.165) is 18.4 Å². The van der Waals surface area contributed by atoms with Gasteiger partial charge in [-0.1, -0.05) is 35.3 Å². The number of rotatable bonds is 3. The Bertz CT molecular complexity index is 928. The average Bonchev–Trinajstić information content (AvgIpc) is 3.11. The lowest BCUT2D eigenvalue weighted by Gasteiger charge is -2.26. The summed E-state index contributed by atoms with van der Waals surface area (Å²) >= 11 is 12.3. The van der Waals surface area contributed by atoms with Gasteiger partial charge in [-0.3, -0.25) is 0 Å². The molecule has 2 heterocycles. The van der Waals surface area contributed by atoms with E-state index in [9.17, 15) is 8.42 Å². The van der Waals surface area contributed by atoms with E-state index in [4.69, 9.17) is 32.7 Å². The zero-order valence-electron chi connectivity index (χ0n) is 13.8. The van der Waals surface area contributed by atoms with E-state index in [0.29, 0.717) is 31.3 Å². The number of benzene rings is 2. The van der Waals surface area contributed by atoms with Crippen molar-refractivity contribution in [2.75, 3.05) is 19.8 Å². The summed E-state index contributed by atoms with van der Waals surface area (Å²) in [5.41, 5.74) is 0.874. The van der Waals surface area contributed by atoms with Gasteiger partial charge in [0.1, 0.15) is 18.1 Å². The summed E-state index contributed by atoms with van der Waals surface area (Å²) in [5.74, 6) is 1.33. The first-order valence-corrected chi connectivity index (χ1v) is 10.5. The van der Waals surface area contributed by atoms with E-state index in [1.165, 1.54) is 16.4 Å². The van der Waals surface area contributed by atoms with Crippen LogP contribution in [0.5, 0.6) is 11.5 Å². The molecule has 138 valence electrons. The number of fused-ring (bicyclic) bond motifs is 1. The van der Waals surface area contributed by atoms with Crippen LogP contribution < -0.4 is 9.47 Å². The second kappa shape index (κ2) is 6.93. The number of hydrogen-bond acceptors (Lipinski definition) is 4. The number of nitrogens with zero attached hydrogens (tertiary/aromatic N) is 1. The zero-order chi connectivity index (χ0) is 18.3. The molecule has 2 aliphatic heterocycles. The van der Waals surface area contributed by atoms with Gasteiger partial charge in [-0.2, -0.15) is 4.31 Å². The van der Waals surface area contributed by atoms with Crippen LogP contribution >= 0.6 is 23.2 Å². The molecule has 2 aliphatic rings. The van der Waals surface area contributed by atoms with Gasteiger partial charge in [-0.15, -0.1) is 0 Å². The van der Waals surface area contributed by atoms with Crippen molar-refractivity contribution in [1.29, 1.82) is 0 Å². The third-order valence-corrected chi connectivity index (χ3v) is 7.50. The highest BCUT2D eigenvalue weighted by Gasteiger charge is 2.38. The Hall–Kier alpha value is -1.47. The number of halogens is 2. The van der Waals surface area contributed by atoms with Crippen LogP contribution in [0.4, 0.5) is 0 Å². The molecule has 0 saturated carbocycles. The third kappa shape index (κ3) is 3.05. The minimum Gasteiger partial charge on any atom is -0.486 e. The van der Waals surface area contributed by atoms with Crippen molar-refractivity contribution in [1.82, 2.24) is 4.31 Å². The van der Waals surface area contributed by atoms with Gasteiger partial charge in [0.25, 0.3) is 0 Å². The lowest BCUT2D eigenvalue weighted by Crippen LogP contribution is -2.31. The topological polar surface area (TPSA) is 55.8 Å². The predicted octanol–water partition coefficient (Wildman–Crippen LogP) is 4.29. The third-order valence-electron chi connectivity index (χ3n) is 4.64. The smallest absolute Gasteiger partial charge is 0.246 e. The van der Waals surface area contributed by atoms with Gasteiger partial charge in [0, 0.05) is 6.54 Å². The highest BCUT2D eigenvalue weighted by Crippen LogP contribution is 2.42. The maximum Gasteiger partial charge on any atom is 0.246 e. The van der Waals surface area contributed by atoms with E-state index < -0.39 is 10.0 Å². The van der Waals surface area contributed by atoms with E-state index in [1.807, 2.05) is 18.2 Å². The van der Waals surface area contributed by atoms with E-state index in [2.05, 4.69) is 0 Å². The first kappa shape index (κ1) is 17.9. The van der Waals surface area contributed by atoms with Crippen LogP contribution in [0.15, 0.2) is 41.3 Å². The molecule has 0 bridgehead atoms. The lowest BCUT2D eigenvalue weighted by molar-refractivity contribution is 0.171. The average molecular weight is 414 g/mol. The Morgan fingerprint density at radius 3 is 2.42 bits per heavy atom. The van der Waals surface area contributed by atoms with Crippen molar-refractivity contribution >= 4 is 33.2 Å². The van der Waals surface area contributed by atoms with Gasteiger partial charge >= 0.3 is 0 Å². The molecule has 26 heavy (non-hydrogen) atoms. The van der Waals surface area contributed by atoms with Crippen LogP contribution in [0.1, 0.15) is 24.4 Å². The molecule has 0 spiro atoms. The number of hydrogen-bond donors (Lipinski definition) is 0. The summed E-state index contributed by atoms with van der Waals surface area (Å²) in [6.45, 7) is 1.42. The van der Waals surface area contributed by atoms with Crippen molar-refractivity contribution in [3.8, 4) is 11.5 Å². The molecule has 8 heteroatoms. The minimum atomic E-state index is -3.82. The molecule has 1 saturated heterocycles. The predicted molar refractivity (Wildman–Crippen MR) is 99.8 cm³/mol. The molecule has 0 N–H and O–H groups in total. The molecule has 2 aromatic carbocycles. The fraction of sp³-hybridized carbons (Fsp3) is 0.333. The SMILES string of the molecule is O=S(=O)(c1c(Cl)cccc1Cl)N1CCCC1c1ccc2c(c1)OCCO2. The Kier molecular flexibility index (Phi) is 4.77. The molecule has 5 nitrogen and oxygen atoms in total. The fourth-order valence-corrected chi connectivity index (χ4v) is 6.25. The highest BCUT2D eigenvalue weighted by molar-refractivity contribution is 7.89. The van der Waals surface area contributed by atoms with Crippen LogP contribution in [0, 0.1) is 0 Å². The monoisotopic (exact) mass is 413 g/mol. The molecular formula is C18H17Cl2NO4S. The minimum absolute atomic E-state index is 0.0345. The molecule has 0 radical (unpaired) electrons. The molecule has 1 unspecified atom stereocenters. The largest absolute Gasteiger partial charge is 0.486 e. The fourth-order valence-electron chi connectivity index (χ4n) is 3.47. The maximum absolute atomic E-state index is 13.2. The summed E-state index contributed by atoms with van der Waals surface area (Å²) in [7, 11) is -3.82. The van der Waals surface area contributed by atoms with E-state index in [1.54, 1.807) is 6.07 Å². The molecule has 1 atom stereocenters. The molecular weight excluding hydrogens is 397 g/mol. The first-order chi connectivity index (χ1) is 12.5. The highest BCUT2D eigenvalue weighted by atomic mass is 35.5. The lowest BCUT2D eigenvalue weighted by atomic mass is 10.0. The van der Waals surface area contributed by atoms with Gasteiger partial charge in [0.2, 0.25) is 10.0 Å². The van der Waals surface area contributed by atoms with Crippen molar-refractivity contribution in [2.45, 2.75) is 23.8 Å². The number of sulfonamides is 1. The molecule has 4 rings (SSSR count). The Balaban J connectivity index is 1.73. The second-order valence-corrected chi connectivity index (χ2v) is 8.87. The van der Waals surface area contributed by atoms with Gasteiger partial charge in [-0.05, 0) is 42.7 Å². The van der Waals surface area contributed by atoms with Crippen molar-refractivity contribution in [2.24, 2.45) is 0 Å². The Morgan fingerprint density at radius 1 is 1.00 bits per heavy atom. The van der Waals surface area contributed by atoms with E-state index in [-0.39, 0.29) is 21.0 Å². The summed E-state index contributed by atoms with van der Waals surface area (Å²) in [4.78, 5) is -0.0345. The maximum atomic E-state index is 13.2. The van der Waals surface area contributed by atoms with Gasteiger partial charge in [-0.25, -0.2) is 8.42 Å². The van der Waals surface area contributed by atoms with Crippen molar-refractivity contribution in [3.63, 3.8) is 0 Å². The standard InChI is InChI=1S/C18H17Cl2NO4S/c19-13-3-1-4-14(20)18(13)26(22,23)21-8-2-5-15(21)12-6-7-16-17(11-12)25-10-9-24-16/h1,3-4,6-7,11,15H,2,5,8-10H2. The van der Waals surface area contributed by atoms with Crippen LogP contribution in [-0.4, -0.2) is 32.5 Å². The Morgan fingerprint density at radius 2 is 1.69 bits per heavy atom. The summed E-state index contributed by atoms with van der Waals surface area (Å²) in [6.07, 6.45) is 1.49. The van der Waals surface area contributed by atoms with E-state index >= 15 is 0 Å². The molecule has 0 amide bonds. The molecule has 1 fully saturated rings. The van der Waals surface area contributed by atoms with Gasteiger partial charge in [0.15, 0.2) is 11.5 Å². The zero-order valence-corrected chi connectivity index (χ0v) is 16.1. The van der Waals surface area contributed by atoms with Crippen LogP contribution in [0.3, 0.4) is 0 Å². The molecule has 0 aromatic heterocycles. The van der Waals surface area contributed by atoms with Crippen molar-refractivity contribution in [3.05, 3.63) is 52.0 Å². The van der Waals surface area contributed by atoms with Crippen LogP contribution in [0.25, 0.3) is 0 Å². The summed E-state index contributed by atoms with van der Waals surface area (Å²) in [6, 6.07) is 10.00. The summed E-state index contributed by atoms with van der Waals surface area (Å²) in [5, 5.41) is 0.260. The quantitative estimate of drug-likeness (QED) is 0.752. The molecule has 0 aliphatic carbocycles. The summed E-state index contributed by atoms with van der Waals surface area (Å²) < 4.78 is 39.2. The first-order valence-electron chi connectivity index (χ1n) is 8.34. The normalized spacial score (nSPS) is 20.3. The van der Waals surface area contributed by atoms with Crippen LogP contribution in [0.2, 0.25) is 10.0 Å². The Labute approximate surface area is 162 Å². The van der Waals surface area contributed by atoms with Crippen LogP contribution in [-0.2, 0) is 10.0 Å². The van der Waals surface area contributed by atoms with Gasteiger partial charge in [0.05, 0.1) is 16.1 Å². The number of ether oxygens (including phenoxy) is 2. The van der Waals surface area contributed by atoms with Gasteiger partial charge < -0.3 is 9.47 Å². The second-order valence-electron chi connectivity index (χ2n) is 6.23. The van der Waals surface area contributed by atoms with Crippen molar-refractivity contribution < 1.29 is 17.9 Å².